The van der Waals surface area contributed by atoms with Crippen LogP contribution in [0.4, 0.5) is 10.1 Å². The molecule has 0 radical (unpaired) electrons. The van der Waals surface area contributed by atoms with E-state index >= 15 is 0 Å². The van der Waals surface area contributed by atoms with E-state index in [1.165, 1.54) is 12.1 Å². The molecule has 0 aliphatic carbocycles. The van der Waals surface area contributed by atoms with Gasteiger partial charge in [0.05, 0.1) is 19.3 Å². The number of ether oxygens (including phenoxy) is 1. The smallest absolute Gasteiger partial charge is 0.238 e. The predicted octanol–water partition coefficient (Wildman–Crippen LogP) is 3.96. The number of hydrogen-bond acceptors (Lipinski definition) is 3. The lowest BCUT2D eigenvalue weighted by molar-refractivity contribution is -0.119. The largest absolute Gasteiger partial charge is 0.371 e. The molecule has 0 saturated carbocycles. The number of hydrogen-bond donors (Lipinski definition) is 1. The summed E-state index contributed by atoms with van der Waals surface area (Å²) < 4.78 is 18.9. The van der Waals surface area contributed by atoms with E-state index in [1.807, 2.05) is 6.07 Å². The van der Waals surface area contributed by atoms with Crippen molar-refractivity contribution in [1.29, 1.82) is 0 Å². The number of para-hydroxylation sites is 1. The number of carbonyl (C=O) groups is 1. The molecular weight excluding hydrogens is 343 g/mol. The predicted molar refractivity (Wildman–Crippen MR) is 105 cm³/mol. The van der Waals surface area contributed by atoms with Crippen molar-refractivity contribution in [2.75, 3.05) is 31.6 Å². The second kappa shape index (κ2) is 9.11. The Hall–Kier alpha value is -2.24. The van der Waals surface area contributed by atoms with Gasteiger partial charge in [-0.25, -0.2) is 4.39 Å². The van der Waals surface area contributed by atoms with Gasteiger partial charge < -0.3 is 10.1 Å². The Balaban J connectivity index is 1.63. The quantitative estimate of drug-likeness (QED) is 0.837. The highest BCUT2D eigenvalue weighted by Crippen LogP contribution is 2.24. The molecule has 1 fully saturated rings. The molecule has 0 aromatic heterocycles. The monoisotopic (exact) mass is 370 g/mol. The highest BCUT2D eigenvalue weighted by Gasteiger charge is 2.24. The van der Waals surface area contributed by atoms with Gasteiger partial charge in [0.2, 0.25) is 5.91 Å². The fourth-order valence-electron chi connectivity index (χ4n) is 3.51. The Bertz CT molecular complexity index is 754. The molecule has 144 valence electrons. The third-order valence-electron chi connectivity index (χ3n) is 5.02. The first-order valence-electron chi connectivity index (χ1n) is 9.60. The third-order valence-corrected chi connectivity index (χ3v) is 5.02. The van der Waals surface area contributed by atoms with Crippen LogP contribution in [0.2, 0.25) is 0 Å². The van der Waals surface area contributed by atoms with Crippen molar-refractivity contribution in [1.82, 2.24) is 4.90 Å². The van der Waals surface area contributed by atoms with Crippen LogP contribution in [0.15, 0.2) is 42.5 Å². The van der Waals surface area contributed by atoms with Crippen molar-refractivity contribution in [3.05, 3.63) is 65.0 Å². The van der Waals surface area contributed by atoms with E-state index in [9.17, 15) is 9.18 Å². The molecule has 0 bridgehead atoms. The van der Waals surface area contributed by atoms with Crippen LogP contribution < -0.4 is 5.32 Å². The molecule has 2 aromatic carbocycles. The van der Waals surface area contributed by atoms with Gasteiger partial charge in [-0.1, -0.05) is 44.2 Å². The number of rotatable bonds is 6. The average molecular weight is 370 g/mol. The molecule has 4 nitrogen and oxygen atoms in total. The molecule has 1 atom stereocenters. The minimum Gasteiger partial charge on any atom is -0.371 e. The van der Waals surface area contributed by atoms with Crippen LogP contribution in [0, 0.1) is 5.82 Å². The van der Waals surface area contributed by atoms with Crippen LogP contribution in [0.25, 0.3) is 0 Å². The lowest BCUT2D eigenvalue weighted by Crippen LogP contribution is -2.42. The van der Waals surface area contributed by atoms with Crippen molar-refractivity contribution in [3.8, 4) is 0 Å². The maximum atomic E-state index is 13.1. The lowest BCUT2D eigenvalue weighted by Gasteiger charge is -2.32. The molecule has 1 heterocycles. The number of benzene rings is 2. The Morgan fingerprint density at radius 1 is 1.15 bits per heavy atom. The second-order valence-corrected chi connectivity index (χ2v) is 6.85. The summed E-state index contributed by atoms with van der Waals surface area (Å²) in [6, 6.07) is 12.5. The summed E-state index contributed by atoms with van der Waals surface area (Å²) in [6.45, 7) is 6.40. The summed E-state index contributed by atoms with van der Waals surface area (Å²) in [6.07, 6.45) is 1.63. The van der Waals surface area contributed by atoms with E-state index in [-0.39, 0.29) is 17.8 Å². The van der Waals surface area contributed by atoms with Gasteiger partial charge in [0, 0.05) is 18.8 Å². The van der Waals surface area contributed by atoms with Crippen LogP contribution in [0.1, 0.15) is 36.6 Å². The summed E-state index contributed by atoms with van der Waals surface area (Å²) >= 11 is 0. The van der Waals surface area contributed by atoms with E-state index in [0.29, 0.717) is 26.2 Å². The van der Waals surface area contributed by atoms with Gasteiger partial charge in [0.15, 0.2) is 0 Å². The highest BCUT2D eigenvalue weighted by molar-refractivity contribution is 5.93. The normalized spacial score (nSPS) is 17.7. The zero-order valence-electron chi connectivity index (χ0n) is 16.0. The molecule has 1 saturated heterocycles. The minimum atomic E-state index is -0.257. The van der Waals surface area contributed by atoms with Crippen molar-refractivity contribution in [2.24, 2.45) is 0 Å². The van der Waals surface area contributed by atoms with E-state index in [2.05, 4.69) is 36.2 Å². The first-order valence-corrected chi connectivity index (χ1v) is 9.60. The van der Waals surface area contributed by atoms with Crippen molar-refractivity contribution >= 4 is 11.6 Å². The van der Waals surface area contributed by atoms with E-state index in [1.54, 1.807) is 12.1 Å². The fraction of sp³-hybridized carbons (Fsp3) is 0.409. The van der Waals surface area contributed by atoms with Gasteiger partial charge in [0.1, 0.15) is 5.82 Å². The van der Waals surface area contributed by atoms with Crippen LogP contribution in [-0.4, -0.2) is 37.0 Å². The Kier molecular flexibility index (Phi) is 6.58. The van der Waals surface area contributed by atoms with Crippen molar-refractivity contribution < 1.29 is 13.9 Å². The minimum absolute atomic E-state index is 0.00893. The molecule has 27 heavy (non-hydrogen) atoms. The third kappa shape index (κ3) is 4.93. The first-order chi connectivity index (χ1) is 13.1. The number of morpholine rings is 1. The average Bonchev–Trinajstić information content (AvgIpc) is 2.69. The van der Waals surface area contributed by atoms with Crippen LogP contribution >= 0.6 is 0 Å². The van der Waals surface area contributed by atoms with Crippen molar-refractivity contribution in [2.45, 2.75) is 32.8 Å². The molecule has 0 spiro atoms. The molecule has 1 N–H and O–H groups in total. The first kappa shape index (κ1) is 19.5. The molecule has 3 rings (SSSR count). The lowest BCUT2D eigenvalue weighted by atomic mass is 10.0. The van der Waals surface area contributed by atoms with Gasteiger partial charge in [-0.2, -0.15) is 0 Å². The maximum Gasteiger partial charge on any atom is 0.238 e. The van der Waals surface area contributed by atoms with Crippen LogP contribution in [0.5, 0.6) is 0 Å². The molecular formula is C22H27FN2O2. The zero-order chi connectivity index (χ0) is 19.2. The molecule has 1 aliphatic heterocycles. The topological polar surface area (TPSA) is 41.6 Å². The Labute approximate surface area is 160 Å². The fourth-order valence-corrected chi connectivity index (χ4v) is 3.51. The number of aryl methyl sites for hydroxylation is 2. The number of carbonyl (C=O) groups excluding carboxylic acids is 1. The maximum absolute atomic E-state index is 13.1. The van der Waals surface area contributed by atoms with E-state index < -0.39 is 0 Å². The number of nitrogens with zero attached hydrogens (tertiary/aromatic N) is 1. The summed E-state index contributed by atoms with van der Waals surface area (Å²) in [5.74, 6) is -0.266. The summed E-state index contributed by atoms with van der Waals surface area (Å²) in [5.41, 5.74) is 4.21. The summed E-state index contributed by atoms with van der Waals surface area (Å²) in [5, 5.41) is 3.12. The zero-order valence-corrected chi connectivity index (χ0v) is 16.0. The molecule has 1 unspecified atom stereocenters. The number of halogens is 1. The molecule has 5 heteroatoms. The molecule has 1 amide bonds. The SMILES string of the molecule is CCc1cccc(CC)c1NC(=O)CN1CCOC(c2ccc(F)cc2)C1. The van der Waals surface area contributed by atoms with Crippen molar-refractivity contribution in [3.63, 3.8) is 0 Å². The van der Waals surface area contributed by atoms with Gasteiger partial charge in [-0.15, -0.1) is 0 Å². The van der Waals surface area contributed by atoms with Crippen LogP contribution in [0.3, 0.4) is 0 Å². The van der Waals surface area contributed by atoms with E-state index in [4.69, 9.17) is 4.74 Å². The summed E-state index contributed by atoms with van der Waals surface area (Å²) in [7, 11) is 0. The van der Waals surface area contributed by atoms with E-state index in [0.717, 1.165) is 35.2 Å². The second-order valence-electron chi connectivity index (χ2n) is 6.85. The molecule has 2 aromatic rings. The van der Waals surface area contributed by atoms with Gasteiger partial charge in [-0.05, 0) is 41.7 Å². The Morgan fingerprint density at radius 3 is 2.44 bits per heavy atom. The number of amides is 1. The number of nitrogens with one attached hydrogen (secondary N) is 1. The Morgan fingerprint density at radius 2 is 1.81 bits per heavy atom. The highest BCUT2D eigenvalue weighted by atomic mass is 19.1. The van der Waals surface area contributed by atoms with Gasteiger partial charge in [0.25, 0.3) is 0 Å². The summed E-state index contributed by atoms with van der Waals surface area (Å²) in [4.78, 5) is 14.8. The standard InChI is InChI=1S/C22H27FN2O2/c1-3-16-6-5-7-17(4-2)22(16)24-21(26)15-25-12-13-27-20(14-25)18-8-10-19(23)11-9-18/h5-11,20H,3-4,12-15H2,1-2H3,(H,24,26). The number of anilines is 1. The molecule has 1 aliphatic rings. The van der Waals surface area contributed by atoms with Gasteiger partial charge >= 0.3 is 0 Å². The van der Waals surface area contributed by atoms with Gasteiger partial charge in [-0.3, -0.25) is 9.69 Å². The van der Waals surface area contributed by atoms with Crippen LogP contribution in [-0.2, 0) is 22.4 Å².